The van der Waals surface area contributed by atoms with E-state index in [0.717, 1.165) is 0 Å². The molecule has 0 fully saturated rings. The summed E-state index contributed by atoms with van der Waals surface area (Å²) in [6.07, 6.45) is 0. The number of nitrogens with one attached hydrogen (secondary N) is 1. The van der Waals surface area contributed by atoms with Crippen LogP contribution < -0.4 is 5.32 Å². The summed E-state index contributed by atoms with van der Waals surface area (Å²) >= 11 is 5.83. The molecule has 1 aromatic carbocycles. The SMILES string of the molecule is O=C(O)C(Br)C(Br)C(=O)Nc1ccc(F)cc1. The number of hydrogen-bond donors (Lipinski definition) is 2. The van der Waals surface area contributed by atoms with Gasteiger partial charge in [0.2, 0.25) is 5.91 Å². The molecule has 2 N–H and O–H groups in total. The van der Waals surface area contributed by atoms with Crippen molar-refractivity contribution in [3.63, 3.8) is 0 Å². The number of halogens is 3. The van der Waals surface area contributed by atoms with E-state index in [0.29, 0.717) is 5.69 Å². The number of amides is 1. The predicted octanol–water partition coefficient (Wildman–Crippen LogP) is 2.38. The zero-order valence-corrected chi connectivity index (χ0v) is 11.5. The van der Waals surface area contributed by atoms with Crippen LogP contribution in [0, 0.1) is 5.82 Å². The lowest BCUT2D eigenvalue weighted by Gasteiger charge is -2.13. The first-order valence-corrected chi connectivity index (χ1v) is 6.32. The molecule has 0 aliphatic carbocycles. The molecule has 0 saturated carbocycles. The number of anilines is 1. The number of rotatable bonds is 4. The molecule has 0 saturated heterocycles. The van der Waals surface area contributed by atoms with Crippen molar-refractivity contribution in [1.29, 1.82) is 0 Å². The van der Waals surface area contributed by atoms with Gasteiger partial charge in [0, 0.05) is 5.69 Å². The highest BCUT2D eigenvalue weighted by molar-refractivity contribution is 9.12. The van der Waals surface area contributed by atoms with E-state index in [1.807, 2.05) is 0 Å². The topological polar surface area (TPSA) is 66.4 Å². The smallest absolute Gasteiger partial charge is 0.318 e. The average molecular weight is 369 g/mol. The lowest BCUT2D eigenvalue weighted by molar-refractivity contribution is -0.137. The van der Waals surface area contributed by atoms with Gasteiger partial charge in [0.1, 0.15) is 15.5 Å². The van der Waals surface area contributed by atoms with Crippen molar-refractivity contribution in [2.45, 2.75) is 9.65 Å². The fraction of sp³-hybridized carbons (Fsp3) is 0.200. The maximum Gasteiger partial charge on any atom is 0.318 e. The molecule has 1 rings (SSSR count). The molecule has 2 atom stereocenters. The molecule has 1 aromatic rings. The van der Waals surface area contributed by atoms with Crippen molar-refractivity contribution in [1.82, 2.24) is 0 Å². The summed E-state index contributed by atoms with van der Waals surface area (Å²) in [6.45, 7) is 0. The minimum Gasteiger partial charge on any atom is -0.480 e. The van der Waals surface area contributed by atoms with Gasteiger partial charge in [-0.25, -0.2) is 4.39 Å². The number of alkyl halides is 2. The summed E-state index contributed by atoms with van der Waals surface area (Å²) in [5.74, 6) is -2.09. The Labute approximate surface area is 113 Å². The lowest BCUT2D eigenvalue weighted by Crippen LogP contribution is -2.34. The van der Waals surface area contributed by atoms with E-state index < -0.39 is 27.3 Å². The minimum absolute atomic E-state index is 0.394. The molecule has 0 radical (unpaired) electrons. The van der Waals surface area contributed by atoms with Crippen LogP contribution in [0.3, 0.4) is 0 Å². The molecule has 0 bridgehead atoms. The fourth-order valence-corrected chi connectivity index (χ4v) is 1.58. The molecular formula is C10H8Br2FNO3. The third-order valence-corrected chi connectivity index (χ3v) is 4.43. The van der Waals surface area contributed by atoms with Crippen molar-refractivity contribution >= 4 is 49.4 Å². The van der Waals surface area contributed by atoms with Gasteiger partial charge >= 0.3 is 5.97 Å². The van der Waals surface area contributed by atoms with Gasteiger partial charge in [-0.2, -0.15) is 0 Å². The van der Waals surface area contributed by atoms with Crippen LogP contribution in [0.1, 0.15) is 0 Å². The molecule has 1 amide bonds. The van der Waals surface area contributed by atoms with Crippen molar-refractivity contribution in [3.8, 4) is 0 Å². The molecule has 4 nitrogen and oxygen atoms in total. The summed E-state index contributed by atoms with van der Waals surface area (Å²) in [4.78, 5) is 20.3. The Bertz CT molecular complexity index is 424. The van der Waals surface area contributed by atoms with Crippen LogP contribution in [0.15, 0.2) is 24.3 Å². The number of carboxylic acids is 1. The van der Waals surface area contributed by atoms with Crippen LogP contribution in [-0.4, -0.2) is 26.6 Å². The maximum absolute atomic E-state index is 12.6. The Morgan fingerprint density at radius 3 is 2.18 bits per heavy atom. The highest BCUT2D eigenvalue weighted by atomic mass is 79.9. The highest BCUT2D eigenvalue weighted by Crippen LogP contribution is 2.17. The summed E-state index contributed by atoms with van der Waals surface area (Å²) in [7, 11) is 0. The van der Waals surface area contributed by atoms with E-state index in [1.165, 1.54) is 24.3 Å². The monoisotopic (exact) mass is 367 g/mol. The molecule has 92 valence electrons. The quantitative estimate of drug-likeness (QED) is 0.802. The zero-order chi connectivity index (χ0) is 13.0. The second-order valence-corrected chi connectivity index (χ2v) is 5.11. The zero-order valence-electron chi connectivity index (χ0n) is 8.36. The van der Waals surface area contributed by atoms with Crippen LogP contribution in [0.25, 0.3) is 0 Å². The van der Waals surface area contributed by atoms with Crippen LogP contribution in [0.5, 0.6) is 0 Å². The van der Waals surface area contributed by atoms with E-state index in [4.69, 9.17) is 5.11 Å². The van der Waals surface area contributed by atoms with Crippen LogP contribution in [0.2, 0.25) is 0 Å². The molecule has 0 aliphatic rings. The standard InChI is InChI=1S/C10H8Br2FNO3/c11-7(8(12)10(16)17)9(15)14-6-3-1-5(13)2-4-6/h1-4,7-8H,(H,14,15)(H,16,17). The minimum atomic E-state index is -1.15. The Morgan fingerprint density at radius 2 is 1.71 bits per heavy atom. The predicted molar refractivity (Wildman–Crippen MR) is 68.1 cm³/mol. The van der Waals surface area contributed by atoms with Crippen molar-refractivity contribution in [2.24, 2.45) is 0 Å². The summed E-state index contributed by atoms with van der Waals surface area (Å²) in [6, 6.07) is 5.16. The van der Waals surface area contributed by atoms with E-state index in [1.54, 1.807) is 0 Å². The Morgan fingerprint density at radius 1 is 1.18 bits per heavy atom. The maximum atomic E-state index is 12.6. The first-order valence-electron chi connectivity index (χ1n) is 4.49. The van der Waals surface area contributed by atoms with Crippen molar-refractivity contribution in [2.75, 3.05) is 5.32 Å². The van der Waals surface area contributed by atoms with Gasteiger partial charge in [0.25, 0.3) is 0 Å². The molecule has 0 aromatic heterocycles. The number of hydrogen-bond acceptors (Lipinski definition) is 2. The Kier molecular flexibility index (Phi) is 5.07. The number of carbonyl (C=O) groups is 2. The van der Waals surface area contributed by atoms with Gasteiger partial charge in [0.05, 0.1) is 0 Å². The Balaban J connectivity index is 2.66. The summed E-state index contributed by atoms with van der Waals surface area (Å²) in [5, 5.41) is 11.2. The van der Waals surface area contributed by atoms with Gasteiger partial charge in [-0.05, 0) is 24.3 Å². The van der Waals surface area contributed by atoms with E-state index in [2.05, 4.69) is 37.2 Å². The molecule has 0 aliphatic heterocycles. The van der Waals surface area contributed by atoms with E-state index in [-0.39, 0.29) is 0 Å². The van der Waals surface area contributed by atoms with Crippen LogP contribution >= 0.6 is 31.9 Å². The number of carbonyl (C=O) groups excluding carboxylic acids is 1. The number of aliphatic carboxylic acids is 1. The lowest BCUT2D eigenvalue weighted by atomic mass is 10.2. The fourth-order valence-electron chi connectivity index (χ4n) is 1.00. The van der Waals surface area contributed by atoms with Crippen LogP contribution in [0.4, 0.5) is 10.1 Å². The van der Waals surface area contributed by atoms with Gasteiger partial charge in [-0.3, -0.25) is 9.59 Å². The molecular weight excluding hydrogens is 361 g/mol. The third kappa shape index (κ3) is 4.08. The highest BCUT2D eigenvalue weighted by Gasteiger charge is 2.29. The largest absolute Gasteiger partial charge is 0.480 e. The van der Waals surface area contributed by atoms with Gasteiger partial charge in [-0.1, -0.05) is 31.9 Å². The normalized spacial score (nSPS) is 13.8. The molecule has 0 heterocycles. The Hall–Kier alpha value is -0.950. The second-order valence-electron chi connectivity index (χ2n) is 3.14. The first kappa shape index (κ1) is 14.1. The summed E-state index contributed by atoms with van der Waals surface area (Å²) < 4.78 is 12.6. The number of benzene rings is 1. The van der Waals surface area contributed by atoms with Crippen molar-refractivity contribution < 1.29 is 19.1 Å². The van der Waals surface area contributed by atoms with Gasteiger partial charge in [-0.15, -0.1) is 0 Å². The van der Waals surface area contributed by atoms with Crippen molar-refractivity contribution in [3.05, 3.63) is 30.1 Å². The molecule has 0 spiro atoms. The van der Waals surface area contributed by atoms with E-state index in [9.17, 15) is 14.0 Å². The van der Waals surface area contributed by atoms with Gasteiger partial charge < -0.3 is 10.4 Å². The van der Waals surface area contributed by atoms with Crippen LogP contribution in [-0.2, 0) is 9.59 Å². The molecule has 2 unspecified atom stereocenters. The van der Waals surface area contributed by atoms with E-state index >= 15 is 0 Å². The number of carboxylic acid groups (broad SMARTS) is 1. The first-order chi connectivity index (χ1) is 7.91. The van der Waals surface area contributed by atoms with Gasteiger partial charge in [0.15, 0.2) is 0 Å². The average Bonchev–Trinajstić information content (AvgIpc) is 2.30. The summed E-state index contributed by atoms with van der Waals surface area (Å²) in [5.41, 5.74) is 0.394. The second kappa shape index (κ2) is 6.11. The molecule has 17 heavy (non-hydrogen) atoms. The molecule has 7 heteroatoms. The third-order valence-electron chi connectivity index (χ3n) is 1.86.